The first-order valence-corrected chi connectivity index (χ1v) is 5.44. The van der Waals surface area contributed by atoms with Crippen molar-refractivity contribution in [1.29, 1.82) is 0 Å². The molecule has 20 heavy (non-hydrogen) atoms. The Bertz CT molecular complexity index is 520. The standard InChI is InChI=1S/2C7H5F3/c2*1-4-6(9)2-5(8)3-7(4)10/h2*2-3H,1H3. The first-order valence-electron chi connectivity index (χ1n) is 5.44. The molecule has 0 heterocycles. The van der Waals surface area contributed by atoms with Gasteiger partial charge in [0.1, 0.15) is 34.9 Å². The van der Waals surface area contributed by atoms with E-state index >= 15 is 0 Å². The van der Waals surface area contributed by atoms with Crippen LogP contribution in [0.1, 0.15) is 11.1 Å². The SMILES string of the molecule is Cc1c(F)cc(F)cc1F.Cc1c(F)cc(F)cc1F. The number of halogens is 6. The first kappa shape index (κ1) is 16.1. The van der Waals surface area contributed by atoms with Gasteiger partial charge in [0, 0.05) is 35.4 Å². The molecule has 0 fully saturated rings. The minimum atomic E-state index is -0.888. The predicted octanol–water partition coefficient (Wildman–Crippen LogP) is 4.82. The van der Waals surface area contributed by atoms with Crippen molar-refractivity contribution in [3.63, 3.8) is 0 Å². The van der Waals surface area contributed by atoms with E-state index < -0.39 is 34.9 Å². The molecule has 0 nitrogen and oxygen atoms in total. The molecule has 0 unspecified atom stereocenters. The second-order valence-electron chi connectivity index (χ2n) is 3.99. The summed E-state index contributed by atoms with van der Waals surface area (Å²) in [4.78, 5) is 0. The molecule has 0 amide bonds. The van der Waals surface area contributed by atoms with Crippen LogP contribution in [0.4, 0.5) is 26.3 Å². The number of hydrogen-bond acceptors (Lipinski definition) is 0. The third kappa shape index (κ3) is 4.01. The van der Waals surface area contributed by atoms with Gasteiger partial charge in [-0.05, 0) is 13.8 Å². The fraction of sp³-hybridized carbons (Fsp3) is 0.143. The topological polar surface area (TPSA) is 0 Å². The quantitative estimate of drug-likeness (QED) is 0.610. The molecule has 0 aliphatic carbocycles. The summed E-state index contributed by atoms with van der Waals surface area (Å²) < 4.78 is 73.7. The first-order chi connectivity index (χ1) is 9.22. The Balaban J connectivity index is 0.000000200. The predicted molar refractivity (Wildman–Crippen MR) is 62.1 cm³/mol. The molecule has 0 radical (unpaired) electrons. The van der Waals surface area contributed by atoms with Crippen LogP contribution in [0.15, 0.2) is 24.3 Å². The zero-order valence-electron chi connectivity index (χ0n) is 10.6. The van der Waals surface area contributed by atoms with Gasteiger partial charge in [0.2, 0.25) is 0 Å². The maximum absolute atomic E-state index is 12.4. The van der Waals surface area contributed by atoms with Crippen molar-refractivity contribution in [1.82, 2.24) is 0 Å². The summed E-state index contributed by atoms with van der Waals surface area (Å²) in [7, 11) is 0. The summed E-state index contributed by atoms with van der Waals surface area (Å²) in [5.74, 6) is -5.17. The summed E-state index contributed by atoms with van der Waals surface area (Å²) in [5, 5.41) is 0. The van der Waals surface area contributed by atoms with Crippen LogP contribution in [-0.2, 0) is 0 Å². The molecule has 0 N–H and O–H groups in total. The van der Waals surface area contributed by atoms with E-state index in [9.17, 15) is 26.3 Å². The molecule has 2 aromatic rings. The van der Waals surface area contributed by atoms with E-state index in [4.69, 9.17) is 0 Å². The summed E-state index contributed by atoms with van der Waals surface area (Å²) in [6.45, 7) is 2.51. The van der Waals surface area contributed by atoms with Gasteiger partial charge in [0.05, 0.1) is 0 Å². The summed E-state index contributed by atoms with van der Waals surface area (Å²) >= 11 is 0. The van der Waals surface area contributed by atoms with Crippen LogP contribution in [0.25, 0.3) is 0 Å². The largest absolute Gasteiger partial charge is 0.207 e. The zero-order valence-corrected chi connectivity index (χ0v) is 10.6. The van der Waals surface area contributed by atoms with Gasteiger partial charge in [0.15, 0.2) is 0 Å². The van der Waals surface area contributed by atoms with Crippen LogP contribution in [0.3, 0.4) is 0 Å². The van der Waals surface area contributed by atoms with Gasteiger partial charge in [-0.1, -0.05) is 0 Å². The lowest BCUT2D eigenvalue weighted by Crippen LogP contribution is -1.89. The molecule has 0 aliphatic rings. The highest BCUT2D eigenvalue weighted by molar-refractivity contribution is 5.19. The minimum Gasteiger partial charge on any atom is -0.207 e. The van der Waals surface area contributed by atoms with E-state index in [1.54, 1.807) is 0 Å². The Morgan fingerprint density at radius 2 is 0.700 bits per heavy atom. The third-order valence-electron chi connectivity index (χ3n) is 2.49. The number of hydrogen-bond donors (Lipinski definition) is 0. The van der Waals surface area contributed by atoms with Gasteiger partial charge in [-0.3, -0.25) is 0 Å². The Labute approximate surface area is 111 Å². The van der Waals surface area contributed by atoms with Gasteiger partial charge < -0.3 is 0 Å². The van der Waals surface area contributed by atoms with Crippen molar-refractivity contribution in [2.45, 2.75) is 13.8 Å². The van der Waals surface area contributed by atoms with Crippen LogP contribution < -0.4 is 0 Å². The number of rotatable bonds is 0. The minimum absolute atomic E-state index is 0.151. The summed E-state index contributed by atoms with van der Waals surface area (Å²) in [6, 6.07) is 2.60. The lowest BCUT2D eigenvalue weighted by molar-refractivity contribution is 0.531. The molecule has 6 heteroatoms. The molecule has 0 aromatic heterocycles. The van der Waals surface area contributed by atoms with Crippen molar-refractivity contribution < 1.29 is 26.3 Å². The lowest BCUT2D eigenvalue weighted by atomic mass is 10.2. The average molecular weight is 292 g/mol. The molecule has 108 valence electrons. The second-order valence-corrected chi connectivity index (χ2v) is 3.99. The molecule has 0 saturated carbocycles. The lowest BCUT2D eigenvalue weighted by Gasteiger charge is -1.96. The Morgan fingerprint density at radius 1 is 0.500 bits per heavy atom. The third-order valence-corrected chi connectivity index (χ3v) is 2.49. The average Bonchev–Trinajstić information content (AvgIpc) is 2.33. The van der Waals surface area contributed by atoms with E-state index in [1.807, 2.05) is 0 Å². The molecule has 0 spiro atoms. The van der Waals surface area contributed by atoms with Gasteiger partial charge >= 0.3 is 0 Å². The van der Waals surface area contributed by atoms with Crippen LogP contribution >= 0.6 is 0 Å². The molecular weight excluding hydrogens is 282 g/mol. The van der Waals surface area contributed by atoms with Crippen molar-refractivity contribution in [3.05, 3.63) is 70.3 Å². The Kier molecular flexibility index (Phi) is 5.19. The van der Waals surface area contributed by atoms with Gasteiger partial charge in [0.25, 0.3) is 0 Å². The molecule has 0 aliphatic heterocycles. The van der Waals surface area contributed by atoms with Crippen LogP contribution in [0.2, 0.25) is 0 Å². The van der Waals surface area contributed by atoms with E-state index in [0.29, 0.717) is 24.3 Å². The molecule has 2 aromatic carbocycles. The highest BCUT2D eigenvalue weighted by Crippen LogP contribution is 2.13. The van der Waals surface area contributed by atoms with E-state index in [1.165, 1.54) is 13.8 Å². The van der Waals surface area contributed by atoms with E-state index in [2.05, 4.69) is 0 Å². The highest BCUT2D eigenvalue weighted by Gasteiger charge is 2.05. The maximum Gasteiger partial charge on any atom is 0.131 e. The van der Waals surface area contributed by atoms with Crippen LogP contribution in [-0.4, -0.2) is 0 Å². The van der Waals surface area contributed by atoms with Crippen LogP contribution in [0.5, 0.6) is 0 Å². The highest BCUT2D eigenvalue weighted by atomic mass is 19.2. The van der Waals surface area contributed by atoms with Gasteiger partial charge in [-0.25, -0.2) is 26.3 Å². The molecule has 2 rings (SSSR count). The second kappa shape index (κ2) is 6.45. The molecular formula is C14H10F6. The Hall–Kier alpha value is -1.98. The fourth-order valence-electron chi connectivity index (χ4n) is 1.23. The normalized spacial score (nSPS) is 10.0. The van der Waals surface area contributed by atoms with Gasteiger partial charge in [-0.15, -0.1) is 0 Å². The van der Waals surface area contributed by atoms with Crippen molar-refractivity contribution >= 4 is 0 Å². The monoisotopic (exact) mass is 292 g/mol. The molecule has 0 saturated heterocycles. The van der Waals surface area contributed by atoms with Crippen molar-refractivity contribution in [2.75, 3.05) is 0 Å². The molecule has 0 atom stereocenters. The van der Waals surface area contributed by atoms with E-state index in [-0.39, 0.29) is 11.1 Å². The summed E-state index contributed by atoms with van der Waals surface area (Å²) in [5.41, 5.74) is -0.303. The van der Waals surface area contributed by atoms with Gasteiger partial charge in [-0.2, -0.15) is 0 Å². The van der Waals surface area contributed by atoms with Crippen molar-refractivity contribution in [3.8, 4) is 0 Å². The Morgan fingerprint density at radius 3 is 0.900 bits per heavy atom. The molecule has 0 bridgehead atoms. The van der Waals surface area contributed by atoms with Crippen LogP contribution in [0, 0.1) is 48.8 Å². The smallest absolute Gasteiger partial charge is 0.131 e. The maximum atomic E-state index is 12.4. The van der Waals surface area contributed by atoms with E-state index in [0.717, 1.165) is 0 Å². The summed E-state index contributed by atoms with van der Waals surface area (Å²) in [6.07, 6.45) is 0. The zero-order chi connectivity index (χ0) is 15.4. The van der Waals surface area contributed by atoms with Crippen molar-refractivity contribution in [2.24, 2.45) is 0 Å². The number of benzene rings is 2. The fourth-order valence-corrected chi connectivity index (χ4v) is 1.23.